The number of ether oxygens (including phenoxy) is 1. The lowest BCUT2D eigenvalue weighted by molar-refractivity contribution is 0.0376. The third-order valence-corrected chi connectivity index (χ3v) is 6.84. The van der Waals surface area contributed by atoms with Crippen LogP contribution < -0.4 is 4.90 Å². The Kier molecular flexibility index (Phi) is 7.18. The minimum Gasteiger partial charge on any atom is -0.379 e. The summed E-state index contributed by atoms with van der Waals surface area (Å²) in [7, 11) is 0. The van der Waals surface area contributed by atoms with Crippen LogP contribution in [-0.4, -0.2) is 55.2 Å². The van der Waals surface area contributed by atoms with Gasteiger partial charge in [0.15, 0.2) is 10.9 Å². The summed E-state index contributed by atoms with van der Waals surface area (Å²) < 4.78 is 34.3. The van der Waals surface area contributed by atoms with Crippen molar-refractivity contribution in [3.05, 3.63) is 57.0 Å². The van der Waals surface area contributed by atoms with Gasteiger partial charge in [0, 0.05) is 36.7 Å². The number of carbonyl (C=O) groups is 1. The van der Waals surface area contributed by atoms with Gasteiger partial charge in [0.05, 0.1) is 28.5 Å². The Hall–Kier alpha value is -1.65. The van der Waals surface area contributed by atoms with E-state index in [2.05, 4.69) is 25.8 Å². The molecule has 2 aromatic carbocycles. The maximum atomic E-state index is 14.2. The summed E-state index contributed by atoms with van der Waals surface area (Å²) in [6.07, 6.45) is 0.685. The molecule has 10 heteroatoms. The molecule has 0 saturated carbocycles. The zero-order chi connectivity index (χ0) is 22.0. The number of benzene rings is 2. The van der Waals surface area contributed by atoms with Crippen molar-refractivity contribution in [1.82, 2.24) is 9.88 Å². The van der Waals surface area contributed by atoms with E-state index in [-0.39, 0.29) is 11.4 Å². The first-order valence-corrected chi connectivity index (χ1v) is 11.7. The molecule has 1 amide bonds. The van der Waals surface area contributed by atoms with Crippen LogP contribution in [0, 0.1) is 11.6 Å². The molecule has 0 N–H and O–H groups in total. The van der Waals surface area contributed by atoms with Gasteiger partial charge in [-0.2, -0.15) is 0 Å². The first-order valence-electron chi connectivity index (χ1n) is 9.75. The quantitative estimate of drug-likeness (QED) is 0.430. The van der Waals surface area contributed by atoms with Gasteiger partial charge in [-0.25, -0.2) is 13.8 Å². The number of anilines is 1. The maximum Gasteiger partial charge on any atom is 0.261 e. The van der Waals surface area contributed by atoms with Gasteiger partial charge in [-0.3, -0.25) is 14.6 Å². The topological polar surface area (TPSA) is 45.7 Å². The number of thiazole rings is 1. The van der Waals surface area contributed by atoms with E-state index in [0.717, 1.165) is 37.0 Å². The van der Waals surface area contributed by atoms with Crippen LogP contribution in [0.1, 0.15) is 16.8 Å². The second-order valence-corrected chi connectivity index (χ2v) is 9.45. The van der Waals surface area contributed by atoms with E-state index in [1.165, 1.54) is 11.0 Å². The Labute approximate surface area is 195 Å². The number of nitrogens with zero attached hydrogens (tertiary/aromatic N) is 3. The lowest BCUT2D eigenvalue weighted by atomic mass is 10.2. The molecule has 1 aliphatic rings. The molecule has 0 aliphatic carbocycles. The Morgan fingerprint density at radius 3 is 2.81 bits per heavy atom. The minimum absolute atomic E-state index is 0.0488. The molecule has 5 nitrogen and oxygen atoms in total. The summed E-state index contributed by atoms with van der Waals surface area (Å²) in [5, 5.41) is 0.618. The molecule has 0 atom stereocenters. The van der Waals surface area contributed by atoms with Crippen molar-refractivity contribution in [3.8, 4) is 0 Å². The second-order valence-electron chi connectivity index (χ2n) is 7.12. The van der Waals surface area contributed by atoms with Gasteiger partial charge in [-0.05, 0) is 30.7 Å². The van der Waals surface area contributed by atoms with Crippen LogP contribution in [0.2, 0.25) is 5.02 Å². The number of morpholine rings is 1. The fraction of sp³-hybridized carbons (Fsp3) is 0.333. The number of amides is 1. The number of rotatable bonds is 6. The molecular weight excluding hydrogens is 512 g/mol. The van der Waals surface area contributed by atoms with Crippen molar-refractivity contribution in [3.63, 3.8) is 0 Å². The molecule has 0 radical (unpaired) electrons. The number of aromatic nitrogens is 1. The van der Waals surface area contributed by atoms with Crippen molar-refractivity contribution in [2.45, 2.75) is 6.42 Å². The Morgan fingerprint density at radius 2 is 2.03 bits per heavy atom. The molecule has 1 saturated heterocycles. The molecule has 0 bridgehead atoms. The summed E-state index contributed by atoms with van der Waals surface area (Å²) in [5.74, 6) is -1.77. The molecule has 4 rings (SSSR count). The van der Waals surface area contributed by atoms with E-state index < -0.39 is 11.6 Å². The highest BCUT2D eigenvalue weighted by Gasteiger charge is 2.25. The largest absolute Gasteiger partial charge is 0.379 e. The Bertz CT molecular complexity index is 1110. The summed E-state index contributed by atoms with van der Waals surface area (Å²) in [6, 6.07) is 7.05. The highest BCUT2D eigenvalue weighted by atomic mass is 79.9. The summed E-state index contributed by atoms with van der Waals surface area (Å²) in [6.45, 7) is 4.22. The average Bonchev–Trinajstić information content (AvgIpc) is 3.17. The molecule has 1 aliphatic heterocycles. The highest BCUT2D eigenvalue weighted by Crippen LogP contribution is 2.33. The van der Waals surface area contributed by atoms with E-state index in [0.29, 0.717) is 51.1 Å². The van der Waals surface area contributed by atoms with Crippen LogP contribution in [0.5, 0.6) is 0 Å². The van der Waals surface area contributed by atoms with Crippen LogP contribution in [0.3, 0.4) is 0 Å². The number of hydrogen-bond acceptors (Lipinski definition) is 5. The van der Waals surface area contributed by atoms with Crippen LogP contribution in [0.4, 0.5) is 13.9 Å². The van der Waals surface area contributed by atoms with E-state index in [1.807, 2.05) is 0 Å². The van der Waals surface area contributed by atoms with Crippen molar-refractivity contribution >= 4 is 60.1 Å². The van der Waals surface area contributed by atoms with Crippen LogP contribution >= 0.6 is 38.9 Å². The third-order valence-electron chi connectivity index (χ3n) is 5.00. The fourth-order valence-electron chi connectivity index (χ4n) is 3.43. The molecule has 31 heavy (non-hydrogen) atoms. The molecule has 1 aromatic heterocycles. The average molecular weight is 531 g/mol. The lowest BCUT2D eigenvalue weighted by Gasteiger charge is -2.27. The van der Waals surface area contributed by atoms with Gasteiger partial charge < -0.3 is 4.74 Å². The van der Waals surface area contributed by atoms with Crippen LogP contribution in [-0.2, 0) is 4.74 Å². The maximum absolute atomic E-state index is 14.2. The van der Waals surface area contributed by atoms with Crippen molar-refractivity contribution in [1.29, 1.82) is 0 Å². The van der Waals surface area contributed by atoms with Crippen LogP contribution in [0.15, 0.2) is 34.8 Å². The van der Waals surface area contributed by atoms with E-state index in [4.69, 9.17) is 16.3 Å². The summed E-state index contributed by atoms with van der Waals surface area (Å²) in [5.41, 5.74) is 0.362. The minimum atomic E-state index is -0.751. The molecule has 0 spiro atoms. The van der Waals surface area contributed by atoms with Crippen molar-refractivity contribution in [2.75, 3.05) is 44.3 Å². The Balaban J connectivity index is 1.64. The lowest BCUT2D eigenvalue weighted by Crippen LogP contribution is -2.39. The summed E-state index contributed by atoms with van der Waals surface area (Å²) in [4.78, 5) is 21.5. The number of hydrogen-bond donors (Lipinski definition) is 0. The molecule has 1 fully saturated rings. The predicted molar refractivity (Wildman–Crippen MR) is 122 cm³/mol. The first kappa shape index (κ1) is 22.5. The SMILES string of the molecule is O=C(c1cc(Br)ccc1Cl)N(CCCN1CCOCC1)c1nc2c(F)cc(F)cc2s1. The molecule has 0 unspecified atom stereocenters. The monoisotopic (exact) mass is 529 g/mol. The zero-order valence-corrected chi connectivity index (χ0v) is 19.6. The van der Waals surface area contributed by atoms with Gasteiger partial charge in [0.1, 0.15) is 11.3 Å². The van der Waals surface area contributed by atoms with Gasteiger partial charge in [-0.15, -0.1) is 0 Å². The fourth-order valence-corrected chi connectivity index (χ4v) is 5.02. The zero-order valence-electron chi connectivity index (χ0n) is 16.4. The second kappa shape index (κ2) is 9.87. The Morgan fingerprint density at radius 1 is 1.26 bits per heavy atom. The molecule has 164 valence electrons. The van der Waals surface area contributed by atoms with Gasteiger partial charge in [0.25, 0.3) is 5.91 Å². The first-order chi connectivity index (χ1) is 14.9. The van der Waals surface area contributed by atoms with Crippen LogP contribution in [0.25, 0.3) is 10.2 Å². The van der Waals surface area contributed by atoms with E-state index >= 15 is 0 Å². The van der Waals surface area contributed by atoms with Gasteiger partial charge in [-0.1, -0.05) is 38.9 Å². The smallest absolute Gasteiger partial charge is 0.261 e. The van der Waals surface area contributed by atoms with Crippen molar-refractivity contribution in [2.24, 2.45) is 0 Å². The predicted octanol–water partition coefficient (Wildman–Crippen LogP) is 5.36. The molecule has 3 aromatic rings. The summed E-state index contributed by atoms with van der Waals surface area (Å²) >= 11 is 10.7. The van der Waals surface area contributed by atoms with Gasteiger partial charge >= 0.3 is 0 Å². The van der Waals surface area contributed by atoms with Crippen molar-refractivity contribution < 1.29 is 18.3 Å². The van der Waals surface area contributed by atoms with E-state index in [1.54, 1.807) is 18.2 Å². The molecular formula is C21H19BrClF2N3O2S. The third kappa shape index (κ3) is 5.23. The standard InChI is InChI=1S/C21H19BrClF2N3O2S/c22-13-2-3-16(23)15(10-13)20(29)28(5-1-4-27-6-8-30-9-7-27)21-26-19-17(25)11-14(24)12-18(19)31-21/h2-3,10-12H,1,4-9H2. The van der Waals surface area contributed by atoms with E-state index in [9.17, 15) is 13.6 Å². The number of carbonyl (C=O) groups excluding carboxylic acids is 1. The number of halogens is 4. The molecule has 2 heterocycles. The van der Waals surface area contributed by atoms with Gasteiger partial charge in [0.2, 0.25) is 0 Å². The number of fused-ring (bicyclic) bond motifs is 1. The highest BCUT2D eigenvalue weighted by molar-refractivity contribution is 9.10. The normalized spacial score (nSPS) is 14.8.